The van der Waals surface area contributed by atoms with Gasteiger partial charge in [-0.05, 0) is 56.1 Å². The van der Waals surface area contributed by atoms with Gasteiger partial charge in [0.1, 0.15) is 0 Å². The second kappa shape index (κ2) is 5.85. The maximum atomic E-state index is 12.4. The molecule has 0 saturated carbocycles. The molecular weight excluding hydrogens is 268 g/mol. The van der Waals surface area contributed by atoms with Crippen LogP contribution >= 0.6 is 0 Å². The summed E-state index contributed by atoms with van der Waals surface area (Å²) in [5.41, 5.74) is 2.14. The number of amides is 1. The Morgan fingerprint density at radius 1 is 1.14 bits per heavy atom. The Balaban J connectivity index is 1.65. The molecule has 1 fully saturated rings. The minimum absolute atomic E-state index is 0.142. The van der Waals surface area contributed by atoms with Gasteiger partial charge in [0, 0.05) is 25.2 Å². The highest BCUT2D eigenvalue weighted by molar-refractivity contribution is 5.97. The Labute approximate surface area is 124 Å². The highest BCUT2D eigenvalue weighted by Crippen LogP contribution is 2.29. The molecule has 1 aromatic carbocycles. The summed E-state index contributed by atoms with van der Waals surface area (Å²) in [5.74, 6) is -0.777. The lowest BCUT2D eigenvalue weighted by Crippen LogP contribution is -2.32. The van der Waals surface area contributed by atoms with E-state index in [1.807, 2.05) is 0 Å². The van der Waals surface area contributed by atoms with Gasteiger partial charge >= 0.3 is 5.97 Å². The van der Waals surface area contributed by atoms with E-state index in [1.54, 1.807) is 23.1 Å². The van der Waals surface area contributed by atoms with Crippen molar-refractivity contribution in [2.45, 2.75) is 25.7 Å². The maximum Gasteiger partial charge on any atom is 0.335 e. The van der Waals surface area contributed by atoms with Crippen LogP contribution in [0.1, 0.15) is 35.2 Å². The minimum atomic E-state index is -0.920. The Hall–Kier alpha value is -1.88. The van der Waals surface area contributed by atoms with Crippen molar-refractivity contribution in [3.63, 3.8) is 0 Å². The zero-order valence-corrected chi connectivity index (χ0v) is 12.0. The molecule has 3 rings (SSSR count). The first-order valence-electron chi connectivity index (χ1n) is 7.54. The summed E-state index contributed by atoms with van der Waals surface area (Å²) >= 11 is 0. The van der Waals surface area contributed by atoms with Crippen LogP contribution in [-0.4, -0.2) is 48.1 Å². The predicted molar refractivity (Wildman–Crippen MR) is 79.7 cm³/mol. The second-order valence-corrected chi connectivity index (χ2v) is 5.74. The second-order valence-electron chi connectivity index (χ2n) is 5.74. The summed E-state index contributed by atoms with van der Waals surface area (Å²) in [6, 6.07) is 5.03. The van der Waals surface area contributed by atoms with E-state index in [2.05, 4.69) is 4.90 Å². The molecule has 0 atom stereocenters. The predicted octanol–water partition coefficient (Wildman–Crippen LogP) is 1.76. The molecule has 0 radical (unpaired) electrons. The van der Waals surface area contributed by atoms with Gasteiger partial charge in [-0.3, -0.25) is 4.79 Å². The number of nitrogens with zero attached hydrogens (tertiary/aromatic N) is 2. The van der Waals surface area contributed by atoms with E-state index in [4.69, 9.17) is 5.11 Å². The fourth-order valence-electron chi connectivity index (χ4n) is 3.19. The number of rotatable bonds is 4. The molecule has 0 spiro atoms. The molecule has 1 aromatic rings. The Morgan fingerprint density at radius 3 is 2.62 bits per heavy atom. The average Bonchev–Trinajstić information content (AvgIpc) is 3.13. The van der Waals surface area contributed by atoms with Gasteiger partial charge in [0.2, 0.25) is 5.91 Å². The zero-order chi connectivity index (χ0) is 14.8. The van der Waals surface area contributed by atoms with Crippen molar-refractivity contribution in [2.75, 3.05) is 31.1 Å². The summed E-state index contributed by atoms with van der Waals surface area (Å²) in [6.45, 7) is 3.70. The largest absolute Gasteiger partial charge is 0.478 e. The van der Waals surface area contributed by atoms with Crippen LogP contribution < -0.4 is 4.90 Å². The van der Waals surface area contributed by atoms with Gasteiger partial charge in [-0.1, -0.05) is 0 Å². The third-order valence-corrected chi connectivity index (χ3v) is 4.36. The lowest BCUT2D eigenvalue weighted by atomic mass is 10.1. The van der Waals surface area contributed by atoms with Crippen LogP contribution in [0, 0.1) is 0 Å². The van der Waals surface area contributed by atoms with Gasteiger partial charge in [0.05, 0.1) is 5.56 Å². The summed E-state index contributed by atoms with van der Waals surface area (Å²) in [6.07, 6.45) is 3.75. The molecule has 2 aliphatic rings. The number of likely N-dealkylation sites (tertiary alicyclic amines) is 1. The third kappa shape index (κ3) is 2.93. The van der Waals surface area contributed by atoms with E-state index in [0.29, 0.717) is 18.5 Å². The molecule has 0 aliphatic carbocycles. The highest BCUT2D eigenvalue weighted by Gasteiger charge is 2.25. The molecule has 0 unspecified atom stereocenters. The molecule has 1 N–H and O–H groups in total. The van der Waals surface area contributed by atoms with E-state index in [0.717, 1.165) is 37.3 Å². The minimum Gasteiger partial charge on any atom is -0.478 e. The molecule has 5 heteroatoms. The van der Waals surface area contributed by atoms with Crippen LogP contribution in [0.4, 0.5) is 5.69 Å². The van der Waals surface area contributed by atoms with Gasteiger partial charge in [-0.15, -0.1) is 0 Å². The number of anilines is 1. The van der Waals surface area contributed by atoms with Crippen molar-refractivity contribution in [1.82, 2.24) is 4.90 Å². The molecule has 2 heterocycles. The molecule has 0 bridgehead atoms. The Bertz CT molecular complexity index is 565. The fraction of sp³-hybridized carbons (Fsp3) is 0.500. The molecule has 112 valence electrons. The molecule has 2 aliphatic heterocycles. The number of fused-ring (bicyclic) bond motifs is 1. The number of hydrogen-bond donors (Lipinski definition) is 1. The van der Waals surface area contributed by atoms with Crippen molar-refractivity contribution in [1.29, 1.82) is 0 Å². The fourth-order valence-corrected chi connectivity index (χ4v) is 3.19. The first kappa shape index (κ1) is 14.1. The average molecular weight is 288 g/mol. The third-order valence-electron chi connectivity index (χ3n) is 4.36. The SMILES string of the molecule is O=C(O)c1ccc2c(c1)CCN2C(=O)CCN1CCCC1. The molecule has 21 heavy (non-hydrogen) atoms. The van der Waals surface area contributed by atoms with E-state index < -0.39 is 5.97 Å². The van der Waals surface area contributed by atoms with Gasteiger partial charge in [0.15, 0.2) is 0 Å². The number of hydrogen-bond acceptors (Lipinski definition) is 3. The molecule has 1 saturated heterocycles. The van der Waals surface area contributed by atoms with Crippen molar-refractivity contribution < 1.29 is 14.7 Å². The Morgan fingerprint density at radius 2 is 1.90 bits per heavy atom. The monoisotopic (exact) mass is 288 g/mol. The summed E-state index contributed by atoms with van der Waals surface area (Å²) in [5, 5.41) is 9.01. The van der Waals surface area contributed by atoms with E-state index >= 15 is 0 Å². The lowest BCUT2D eigenvalue weighted by molar-refractivity contribution is -0.118. The first-order chi connectivity index (χ1) is 10.1. The number of carbonyl (C=O) groups excluding carboxylic acids is 1. The number of carboxylic acids is 1. The van der Waals surface area contributed by atoms with Crippen LogP contribution in [0.5, 0.6) is 0 Å². The number of aromatic carboxylic acids is 1. The van der Waals surface area contributed by atoms with E-state index in [-0.39, 0.29) is 5.91 Å². The summed E-state index contributed by atoms with van der Waals surface area (Å²) < 4.78 is 0. The van der Waals surface area contributed by atoms with Crippen LogP contribution in [0.2, 0.25) is 0 Å². The van der Waals surface area contributed by atoms with Crippen LogP contribution in [-0.2, 0) is 11.2 Å². The maximum absolute atomic E-state index is 12.4. The van der Waals surface area contributed by atoms with E-state index in [9.17, 15) is 9.59 Å². The van der Waals surface area contributed by atoms with Crippen LogP contribution in [0.15, 0.2) is 18.2 Å². The number of carbonyl (C=O) groups is 2. The number of benzene rings is 1. The summed E-state index contributed by atoms with van der Waals surface area (Å²) in [4.78, 5) is 27.5. The smallest absolute Gasteiger partial charge is 0.335 e. The first-order valence-corrected chi connectivity index (χ1v) is 7.54. The van der Waals surface area contributed by atoms with Crippen molar-refractivity contribution in [3.8, 4) is 0 Å². The van der Waals surface area contributed by atoms with E-state index in [1.165, 1.54) is 12.8 Å². The van der Waals surface area contributed by atoms with Gasteiger partial charge in [0.25, 0.3) is 0 Å². The van der Waals surface area contributed by atoms with Crippen LogP contribution in [0.3, 0.4) is 0 Å². The summed E-state index contributed by atoms with van der Waals surface area (Å²) in [7, 11) is 0. The standard InChI is InChI=1S/C16H20N2O3/c19-15(6-9-17-7-1-2-8-17)18-10-5-12-11-13(16(20)21)3-4-14(12)18/h3-4,11H,1-2,5-10H2,(H,20,21). The molecule has 1 amide bonds. The topological polar surface area (TPSA) is 60.9 Å². The normalized spacial score (nSPS) is 18.0. The van der Waals surface area contributed by atoms with Gasteiger partial charge < -0.3 is 14.9 Å². The van der Waals surface area contributed by atoms with Crippen molar-refractivity contribution >= 4 is 17.6 Å². The highest BCUT2D eigenvalue weighted by atomic mass is 16.4. The number of carboxylic acid groups (broad SMARTS) is 1. The molecular formula is C16H20N2O3. The van der Waals surface area contributed by atoms with Crippen molar-refractivity contribution in [3.05, 3.63) is 29.3 Å². The lowest BCUT2D eigenvalue weighted by Gasteiger charge is -2.20. The molecule has 0 aromatic heterocycles. The van der Waals surface area contributed by atoms with Gasteiger partial charge in [-0.25, -0.2) is 4.79 Å². The zero-order valence-electron chi connectivity index (χ0n) is 12.0. The quantitative estimate of drug-likeness (QED) is 0.917. The molecule has 5 nitrogen and oxygen atoms in total. The Kier molecular flexibility index (Phi) is 3.92. The van der Waals surface area contributed by atoms with Gasteiger partial charge in [-0.2, -0.15) is 0 Å². The van der Waals surface area contributed by atoms with Crippen molar-refractivity contribution in [2.24, 2.45) is 0 Å². The van der Waals surface area contributed by atoms with Crippen LogP contribution in [0.25, 0.3) is 0 Å².